The number of hydrogen-bond acceptors (Lipinski definition) is 4. The van der Waals surface area contributed by atoms with Gasteiger partial charge in [-0.25, -0.2) is 0 Å². The fourth-order valence-corrected chi connectivity index (χ4v) is 3.51. The molecule has 1 aliphatic heterocycles. The maximum Gasteiger partial charge on any atom is 0.161 e. The predicted molar refractivity (Wildman–Crippen MR) is 93.3 cm³/mol. The van der Waals surface area contributed by atoms with E-state index in [-0.39, 0.29) is 12.6 Å². The second-order valence-corrected chi connectivity index (χ2v) is 6.76. The van der Waals surface area contributed by atoms with Gasteiger partial charge >= 0.3 is 0 Å². The first-order chi connectivity index (χ1) is 11.1. The molecule has 0 spiro atoms. The van der Waals surface area contributed by atoms with E-state index in [0.29, 0.717) is 0 Å². The average Bonchev–Trinajstić information content (AvgIpc) is 2.55. The van der Waals surface area contributed by atoms with E-state index in [0.717, 1.165) is 43.3 Å². The molecule has 0 saturated heterocycles. The van der Waals surface area contributed by atoms with E-state index in [2.05, 4.69) is 30.9 Å². The molecule has 1 aromatic rings. The zero-order chi connectivity index (χ0) is 16.8. The Labute approximate surface area is 140 Å². The molecule has 1 unspecified atom stereocenters. The Hall–Kier alpha value is -1.26. The first-order valence-corrected chi connectivity index (χ1v) is 8.70. The van der Waals surface area contributed by atoms with Crippen LogP contribution in [0.1, 0.15) is 50.3 Å². The molecule has 23 heavy (non-hydrogen) atoms. The summed E-state index contributed by atoms with van der Waals surface area (Å²) >= 11 is 0. The highest BCUT2D eigenvalue weighted by molar-refractivity contribution is 5.49. The second-order valence-electron chi connectivity index (χ2n) is 6.76. The number of rotatable bonds is 8. The highest BCUT2D eigenvalue weighted by Crippen LogP contribution is 2.39. The smallest absolute Gasteiger partial charge is 0.161 e. The standard InChI is InChI=1S/C19H31NO3/c1-14(2)6-5-9-20-10-7-15-12-18(22-3)19(23-4)13-16(15)17(20)8-11-21/h12-14,17,21H,5-11H2,1-4H3. The van der Waals surface area contributed by atoms with E-state index in [9.17, 15) is 5.11 Å². The number of nitrogens with zero attached hydrogens (tertiary/aromatic N) is 1. The van der Waals surface area contributed by atoms with Crippen molar-refractivity contribution in [2.75, 3.05) is 33.9 Å². The molecule has 1 heterocycles. The lowest BCUT2D eigenvalue weighted by molar-refractivity contribution is 0.143. The molecule has 1 N–H and O–H groups in total. The van der Waals surface area contributed by atoms with Crippen molar-refractivity contribution in [1.82, 2.24) is 4.90 Å². The maximum atomic E-state index is 9.52. The van der Waals surface area contributed by atoms with Gasteiger partial charge < -0.3 is 14.6 Å². The highest BCUT2D eigenvalue weighted by Gasteiger charge is 2.28. The van der Waals surface area contributed by atoms with Gasteiger partial charge in [0, 0.05) is 19.2 Å². The summed E-state index contributed by atoms with van der Waals surface area (Å²) in [6, 6.07) is 4.48. The van der Waals surface area contributed by atoms with Crippen LogP contribution in [0.3, 0.4) is 0 Å². The number of benzene rings is 1. The van der Waals surface area contributed by atoms with Crippen molar-refractivity contribution in [3.05, 3.63) is 23.3 Å². The normalized spacial score (nSPS) is 18.1. The summed E-state index contributed by atoms with van der Waals surface area (Å²) in [5.74, 6) is 2.31. The maximum absolute atomic E-state index is 9.52. The van der Waals surface area contributed by atoms with Crippen molar-refractivity contribution in [3.63, 3.8) is 0 Å². The van der Waals surface area contributed by atoms with Gasteiger partial charge in [-0.1, -0.05) is 13.8 Å². The lowest BCUT2D eigenvalue weighted by atomic mass is 9.90. The van der Waals surface area contributed by atoms with Crippen LogP contribution in [0.25, 0.3) is 0 Å². The lowest BCUT2D eigenvalue weighted by Crippen LogP contribution is -2.36. The highest BCUT2D eigenvalue weighted by atomic mass is 16.5. The van der Waals surface area contributed by atoms with E-state index in [1.54, 1.807) is 14.2 Å². The number of fused-ring (bicyclic) bond motifs is 1. The minimum absolute atomic E-state index is 0.207. The zero-order valence-corrected chi connectivity index (χ0v) is 15.0. The van der Waals surface area contributed by atoms with Crippen molar-refractivity contribution in [3.8, 4) is 11.5 Å². The van der Waals surface area contributed by atoms with Gasteiger partial charge in [0.2, 0.25) is 0 Å². The lowest BCUT2D eigenvalue weighted by Gasteiger charge is -2.37. The van der Waals surface area contributed by atoms with Crippen LogP contribution in [0.5, 0.6) is 11.5 Å². The SMILES string of the molecule is COc1cc2c(cc1OC)C(CCO)N(CCCC(C)C)CC2. The van der Waals surface area contributed by atoms with Crippen molar-refractivity contribution in [2.24, 2.45) is 5.92 Å². The predicted octanol–water partition coefficient (Wildman–Crippen LogP) is 3.42. The molecular weight excluding hydrogens is 290 g/mol. The Kier molecular flexibility index (Phi) is 6.72. The molecule has 130 valence electrons. The Morgan fingerprint density at radius 3 is 2.52 bits per heavy atom. The third-order valence-corrected chi connectivity index (χ3v) is 4.74. The molecule has 1 aliphatic rings. The van der Waals surface area contributed by atoms with Crippen LogP contribution in [0.15, 0.2) is 12.1 Å². The van der Waals surface area contributed by atoms with Gasteiger partial charge in [-0.15, -0.1) is 0 Å². The largest absolute Gasteiger partial charge is 0.493 e. The quantitative estimate of drug-likeness (QED) is 0.796. The van der Waals surface area contributed by atoms with Crippen molar-refractivity contribution in [1.29, 1.82) is 0 Å². The van der Waals surface area contributed by atoms with Crippen LogP contribution in [-0.4, -0.2) is 43.9 Å². The molecule has 4 nitrogen and oxygen atoms in total. The van der Waals surface area contributed by atoms with Gasteiger partial charge in [0.1, 0.15) is 0 Å². The Morgan fingerprint density at radius 2 is 1.91 bits per heavy atom. The van der Waals surface area contributed by atoms with Gasteiger partial charge in [0.05, 0.1) is 14.2 Å². The minimum Gasteiger partial charge on any atom is -0.493 e. The molecular formula is C19H31NO3. The second kappa shape index (κ2) is 8.55. The fourth-order valence-electron chi connectivity index (χ4n) is 3.51. The molecule has 0 radical (unpaired) electrons. The number of hydrogen-bond donors (Lipinski definition) is 1. The van der Waals surface area contributed by atoms with E-state index in [4.69, 9.17) is 9.47 Å². The van der Waals surface area contributed by atoms with Crippen LogP contribution >= 0.6 is 0 Å². The monoisotopic (exact) mass is 321 g/mol. The number of aliphatic hydroxyl groups is 1. The summed E-state index contributed by atoms with van der Waals surface area (Å²) in [5.41, 5.74) is 2.61. The third kappa shape index (κ3) is 4.39. The van der Waals surface area contributed by atoms with Crippen molar-refractivity contribution in [2.45, 2.75) is 45.6 Å². The Bertz CT molecular complexity index is 502. The summed E-state index contributed by atoms with van der Waals surface area (Å²) in [6.07, 6.45) is 4.26. The summed E-state index contributed by atoms with van der Waals surface area (Å²) in [7, 11) is 3.35. The Balaban J connectivity index is 2.22. The minimum atomic E-state index is 0.207. The number of aliphatic hydroxyl groups excluding tert-OH is 1. The molecule has 0 aliphatic carbocycles. The van der Waals surface area contributed by atoms with Crippen LogP contribution in [0.4, 0.5) is 0 Å². The molecule has 0 bridgehead atoms. The van der Waals surface area contributed by atoms with Crippen LogP contribution < -0.4 is 9.47 Å². The first-order valence-electron chi connectivity index (χ1n) is 8.70. The summed E-state index contributed by atoms with van der Waals surface area (Å²) in [4.78, 5) is 2.52. The summed E-state index contributed by atoms with van der Waals surface area (Å²) < 4.78 is 10.9. The van der Waals surface area contributed by atoms with E-state index in [1.165, 1.54) is 24.0 Å². The van der Waals surface area contributed by atoms with E-state index < -0.39 is 0 Å². The van der Waals surface area contributed by atoms with Crippen LogP contribution in [0, 0.1) is 5.92 Å². The van der Waals surface area contributed by atoms with Crippen LogP contribution in [-0.2, 0) is 6.42 Å². The summed E-state index contributed by atoms with van der Waals surface area (Å²) in [6.45, 7) is 6.89. The van der Waals surface area contributed by atoms with E-state index in [1.807, 2.05) is 0 Å². The topological polar surface area (TPSA) is 41.9 Å². The fraction of sp³-hybridized carbons (Fsp3) is 0.684. The van der Waals surface area contributed by atoms with Crippen molar-refractivity contribution < 1.29 is 14.6 Å². The number of methoxy groups -OCH3 is 2. The third-order valence-electron chi connectivity index (χ3n) is 4.74. The van der Waals surface area contributed by atoms with Gasteiger partial charge in [-0.3, -0.25) is 4.90 Å². The molecule has 0 fully saturated rings. The molecule has 0 amide bonds. The zero-order valence-electron chi connectivity index (χ0n) is 15.0. The Morgan fingerprint density at radius 1 is 1.22 bits per heavy atom. The summed E-state index contributed by atoms with van der Waals surface area (Å²) in [5, 5.41) is 9.52. The molecule has 1 atom stereocenters. The molecule has 4 heteroatoms. The van der Waals surface area contributed by atoms with Gasteiger partial charge in [0.15, 0.2) is 11.5 Å². The average molecular weight is 321 g/mol. The molecule has 2 rings (SSSR count). The van der Waals surface area contributed by atoms with Gasteiger partial charge in [0.25, 0.3) is 0 Å². The van der Waals surface area contributed by atoms with Crippen molar-refractivity contribution >= 4 is 0 Å². The molecule has 1 aromatic carbocycles. The van der Waals surface area contributed by atoms with Gasteiger partial charge in [-0.2, -0.15) is 0 Å². The first kappa shape index (κ1) is 18.1. The number of ether oxygens (including phenoxy) is 2. The van der Waals surface area contributed by atoms with Gasteiger partial charge in [-0.05, 0) is 61.4 Å². The molecule has 0 saturated carbocycles. The van der Waals surface area contributed by atoms with Crippen LogP contribution in [0.2, 0.25) is 0 Å². The molecule has 0 aromatic heterocycles. The van der Waals surface area contributed by atoms with E-state index >= 15 is 0 Å².